The second-order valence-corrected chi connectivity index (χ2v) is 8.54. The van der Waals surface area contributed by atoms with Gasteiger partial charge in [-0.05, 0) is 46.5 Å². The minimum atomic E-state index is -0.479. The van der Waals surface area contributed by atoms with Crippen molar-refractivity contribution in [3.8, 4) is 0 Å². The van der Waals surface area contributed by atoms with Gasteiger partial charge in [0, 0.05) is 51.0 Å². The Balaban J connectivity index is 1.96. The van der Waals surface area contributed by atoms with Crippen LogP contribution in [0.4, 0.5) is 4.79 Å². The first-order valence-corrected chi connectivity index (χ1v) is 10.7. The Morgan fingerprint density at radius 3 is 2.62 bits per heavy atom. The fourth-order valence-corrected chi connectivity index (χ4v) is 3.74. The maximum absolute atomic E-state index is 12.4. The van der Waals surface area contributed by atoms with Crippen molar-refractivity contribution in [2.75, 3.05) is 20.1 Å². The normalized spacial score (nSPS) is 18.0. The highest BCUT2D eigenvalue weighted by Crippen LogP contribution is 2.17. The van der Waals surface area contributed by atoms with Crippen LogP contribution in [0.25, 0.3) is 0 Å². The van der Waals surface area contributed by atoms with Gasteiger partial charge in [0.15, 0.2) is 5.96 Å². The van der Waals surface area contributed by atoms with Gasteiger partial charge in [-0.25, -0.2) is 4.79 Å². The Morgan fingerprint density at radius 1 is 1.31 bits per heavy atom. The van der Waals surface area contributed by atoms with E-state index in [1.807, 2.05) is 32.5 Å². The lowest BCUT2D eigenvalue weighted by Crippen LogP contribution is -2.53. The molecule has 1 aliphatic heterocycles. The van der Waals surface area contributed by atoms with Crippen molar-refractivity contribution in [3.63, 3.8) is 0 Å². The molecule has 1 saturated heterocycles. The van der Waals surface area contributed by atoms with Crippen molar-refractivity contribution < 1.29 is 9.53 Å². The Kier molecular flexibility index (Phi) is 7.93. The molecule has 1 aliphatic rings. The van der Waals surface area contributed by atoms with E-state index in [4.69, 9.17) is 4.74 Å². The average molecular weight is 407 g/mol. The zero-order valence-corrected chi connectivity index (χ0v) is 19.1. The molecule has 8 nitrogen and oxygen atoms in total. The van der Waals surface area contributed by atoms with Crippen LogP contribution < -0.4 is 10.6 Å². The van der Waals surface area contributed by atoms with E-state index in [0.717, 1.165) is 43.9 Å². The molecule has 1 fully saturated rings. The third kappa shape index (κ3) is 6.37. The quantitative estimate of drug-likeness (QED) is 0.580. The van der Waals surface area contributed by atoms with Crippen LogP contribution in [-0.4, -0.2) is 58.5 Å². The van der Waals surface area contributed by atoms with Crippen molar-refractivity contribution in [1.29, 1.82) is 0 Å². The molecule has 1 unspecified atom stereocenters. The van der Waals surface area contributed by atoms with E-state index in [0.29, 0.717) is 13.1 Å². The van der Waals surface area contributed by atoms with E-state index >= 15 is 0 Å². The Labute approximate surface area is 175 Å². The molecule has 164 valence electrons. The van der Waals surface area contributed by atoms with E-state index in [1.54, 1.807) is 11.9 Å². The highest BCUT2D eigenvalue weighted by atomic mass is 16.6. The molecule has 0 radical (unpaired) electrons. The van der Waals surface area contributed by atoms with Crippen LogP contribution >= 0.6 is 0 Å². The molecule has 2 rings (SSSR count). The summed E-state index contributed by atoms with van der Waals surface area (Å²) in [7, 11) is 3.77. The summed E-state index contributed by atoms with van der Waals surface area (Å²) in [5.74, 6) is 0.744. The molecule has 2 N–H and O–H groups in total. The average Bonchev–Trinajstić information content (AvgIpc) is 2.98. The van der Waals surface area contributed by atoms with Crippen molar-refractivity contribution in [1.82, 2.24) is 25.3 Å². The number of rotatable bonds is 5. The van der Waals surface area contributed by atoms with Crippen LogP contribution in [0.2, 0.25) is 0 Å². The summed E-state index contributed by atoms with van der Waals surface area (Å²) in [4.78, 5) is 18.5. The molecule has 1 amide bonds. The molecule has 0 saturated carbocycles. The summed E-state index contributed by atoms with van der Waals surface area (Å²) >= 11 is 0. The fourth-order valence-electron chi connectivity index (χ4n) is 3.74. The van der Waals surface area contributed by atoms with E-state index in [2.05, 4.69) is 34.6 Å². The van der Waals surface area contributed by atoms with Crippen molar-refractivity contribution in [3.05, 3.63) is 17.0 Å². The summed E-state index contributed by atoms with van der Waals surface area (Å²) in [6.45, 7) is 12.0. The van der Waals surface area contributed by atoms with E-state index in [9.17, 15) is 4.79 Å². The van der Waals surface area contributed by atoms with Crippen molar-refractivity contribution in [2.24, 2.45) is 12.0 Å². The topological polar surface area (TPSA) is 83.8 Å². The number of piperidine rings is 1. The van der Waals surface area contributed by atoms with Crippen LogP contribution in [0, 0.1) is 0 Å². The van der Waals surface area contributed by atoms with E-state index in [1.165, 1.54) is 11.3 Å². The van der Waals surface area contributed by atoms with E-state index in [-0.39, 0.29) is 12.1 Å². The number of hydrogen-bond donors (Lipinski definition) is 2. The molecule has 1 aromatic heterocycles. The predicted octanol–water partition coefficient (Wildman–Crippen LogP) is 2.61. The molecule has 0 bridgehead atoms. The minimum absolute atomic E-state index is 0.146. The largest absolute Gasteiger partial charge is 0.444 e. The lowest BCUT2D eigenvalue weighted by Gasteiger charge is -2.35. The number of ether oxygens (including phenoxy) is 1. The van der Waals surface area contributed by atoms with Crippen LogP contribution in [0.3, 0.4) is 0 Å². The van der Waals surface area contributed by atoms with Crippen LogP contribution in [0.15, 0.2) is 4.99 Å². The number of carbonyl (C=O) groups excluding carboxylic acids is 1. The third-order valence-electron chi connectivity index (χ3n) is 5.10. The maximum Gasteiger partial charge on any atom is 0.410 e. The monoisotopic (exact) mass is 406 g/mol. The maximum atomic E-state index is 12.4. The Bertz CT molecular complexity index is 719. The first-order valence-electron chi connectivity index (χ1n) is 10.7. The number of aliphatic imine (C=N–C) groups is 1. The summed E-state index contributed by atoms with van der Waals surface area (Å²) in [5.41, 5.74) is 3.14. The van der Waals surface area contributed by atoms with Crippen LogP contribution in [0.5, 0.6) is 0 Å². The number of guanidine groups is 1. The number of likely N-dealkylation sites (tertiary alicyclic amines) is 1. The van der Waals surface area contributed by atoms with Gasteiger partial charge in [0.25, 0.3) is 0 Å². The second kappa shape index (κ2) is 9.98. The first-order chi connectivity index (χ1) is 13.7. The van der Waals surface area contributed by atoms with Crippen LogP contribution in [0.1, 0.15) is 64.4 Å². The number of hydrogen-bond acceptors (Lipinski definition) is 4. The summed E-state index contributed by atoms with van der Waals surface area (Å²) in [5, 5.41) is 11.5. The molecule has 8 heteroatoms. The standard InChI is InChI=1S/C21H38N6O2/c1-8-17-16(18(9-2)26(7)25-17)13-23-19(22-6)24-15-11-10-12-27(14-15)20(28)29-21(3,4)5/h15H,8-14H2,1-7H3,(H2,22,23,24). The zero-order valence-electron chi connectivity index (χ0n) is 19.1. The van der Waals surface area contributed by atoms with Gasteiger partial charge in [-0.3, -0.25) is 9.67 Å². The van der Waals surface area contributed by atoms with Crippen molar-refractivity contribution >= 4 is 12.1 Å². The predicted molar refractivity (Wildman–Crippen MR) is 116 cm³/mol. The van der Waals surface area contributed by atoms with Gasteiger partial charge >= 0.3 is 6.09 Å². The van der Waals surface area contributed by atoms with Gasteiger partial charge in [0.1, 0.15) is 5.60 Å². The van der Waals surface area contributed by atoms with Crippen LogP contribution in [-0.2, 0) is 31.2 Å². The molecule has 0 aromatic carbocycles. The number of carbonyl (C=O) groups is 1. The lowest BCUT2D eigenvalue weighted by atomic mass is 10.1. The van der Waals surface area contributed by atoms with Gasteiger partial charge in [0.2, 0.25) is 0 Å². The van der Waals surface area contributed by atoms with Gasteiger partial charge in [-0.15, -0.1) is 0 Å². The zero-order chi connectivity index (χ0) is 21.6. The molecule has 2 heterocycles. The lowest BCUT2D eigenvalue weighted by molar-refractivity contribution is 0.0193. The fraction of sp³-hybridized carbons (Fsp3) is 0.762. The van der Waals surface area contributed by atoms with Crippen molar-refractivity contribution in [2.45, 2.75) is 78.5 Å². The highest BCUT2D eigenvalue weighted by molar-refractivity contribution is 5.80. The summed E-state index contributed by atoms with van der Waals surface area (Å²) < 4.78 is 7.50. The third-order valence-corrected chi connectivity index (χ3v) is 5.10. The molecule has 1 aromatic rings. The number of amides is 1. The Hall–Kier alpha value is -2.25. The molecule has 0 aliphatic carbocycles. The molecule has 29 heavy (non-hydrogen) atoms. The molecular weight excluding hydrogens is 368 g/mol. The molecule has 0 spiro atoms. The van der Waals surface area contributed by atoms with E-state index < -0.39 is 5.60 Å². The van der Waals surface area contributed by atoms with Gasteiger partial charge < -0.3 is 20.3 Å². The molecular formula is C21H38N6O2. The number of aryl methyl sites for hydroxylation is 2. The van der Waals surface area contributed by atoms with Gasteiger partial charge in [-0.2, -0.15) is 5.10 Å². The summed E-state index contributed by atoms with van der Waals surface area (Å²) in [6.07, 6.45) is 3.54. The number of nitrogens with zero attached hydrogens (tertiary/aromatic N) is 4. The SMILES string of the molecule is CCc1nn(C)c(CC)c1CNC(=NC)NC1CCCN(C(=O)OC(C)(C)C)C1. The van der Waals surface area contributed by atoms with Gasteiger partial charge in [0.05, 0.1) is 5.69 Å². The number of aromatic nitrogens is 2. The van der Waals surface area contributed by atoms with Gasteiger partial charge in [-0.1, -0.05) is 13.8 Å². The second-order valence-electron chi connectivity index (χ2n) is 8.54. The Morgan fingerprint density at radius 2 is 2.03 bits per heavy atom. The molecule has 1 atom stereocenters. The number of nitrogens with one attached hydrogen (secondary N) is 2. The first kappa shape index (κ1) is 23.0. The highest BCUT2D eigenvalue weighted by Gasteiger charge is 2.28. The smallest absolute Gasteiger partial charge is 0.410 e. The summed E-state index contributed by atoms with van der Waals surface area (Å²) in [6, 6.07) is 0.146. The minimum Gasteiger partial charge on any atom is -0.444 e.